The first-order valence-corrected chi connectivity index (χ1v) is 8.47. The molecule has 3 N–H and O–H groups in total. The Morgan fingerprint density at radius 1 is 1.04 bits per heavy atom. The number of nitrogens with one attached hydrogen (secondary N) is 3. The number of pyridine rings is 1. The molecule has 25 heavy (non-hydrogen) atoms. The van der Waals surface area contributed by atoms with Crippen LogP contribution in [0.2, 0.25) is 0 Å². The van der Waals surface area contributed by atoms with Gasteiger partial charge in [0.25, 0.3) is 5.91 Å². The predicted molar refractivity (Wildman–Crippen MR) is 100 cm³/mol. The number of unbranched alkanes of at least 4 members (excludes halogenated alkanes) is 2. The van der Waals surface area contributed by atoms with Crippen LogP contribution in [-0.2, 0) is 4.79 Å². The van der Waals surface area contributed by atoms with E-state index in [1.54, 1.807) is 30.5 Å². The fourth-order valence-electron chi connectivity index (χ4n) is 2.31. The van der Waals surface area contributed by atoms with Crippen LogP contribution in [0.25, 0.3) is 0 Å². The van der Waals surface area contributed by atoms with Crippen molar-refractivity contribution in [2.24, 2.45) is 0 Å². The number of hydrogen-bond acceptors (Lipinski definition) is 4. The molecule has 0 unspecified atom stereocenters. The molecule has 0 saturated heterocycles. The van der Waals surface area contributed by atoms with Crippen LogP contribution in [0.15, 0.2) is 42.6 Å². The molecule has 1 aromatic carbocycles. The molecule has 2 aromatic rings. The Hall–Kier alpha value is -2.89. The molecule has 0 atom stereocenters. The van der Waals surface area contributed by atoms with Gasteiger partial charge in [-0.1, -0.05) is 19.8 Å². The van der Waals surface area contributed by atoms with Crippen LogP contribution in [0.5, 0.6) is 0 Å². The molecular formula is C19H24N4O2. The highest BCUT2D eigenvalue weighted by molar-refractivity contribution is 5.95. The van der Waals surface area contributed by atoms with Crippen LogP contribution in [0, 0.1) is 0 Å². The number of carbonyl (C=O) groups excluding carboxylic acids is 2. The zero-order valence-corrected chi connectivity index (χ0v) is 14.6. The van der Waals surface area contributed by atoms with Gasteiger partial charge in [-0.2, -0.15) is 0 Å². The summed E-state index contributed by atoms with van der Waals surface area (Å²) < 4.78 is 0. The summed E-state index contributed by atoms with van der Waals surface area (Å²) in [5.74, 6) is 0.385. The first-order valence-electron chi connectivity index (χ1n) is 8.47. The number of anilines is 3. The summed E-state index contributed by atoms with van der Waals surface area (Å²) in [5.41, 5.74) is 2.12. The molecule has 1 aromatic heterocycles. The lowest BCUT2D eigenvalue weighted by molar-refractivity contribution is -0.114. The third-order valence-corrected chi connectivity index (χ3v) is 3.57. The number of hydrogen-bond donors (Lipinski definition) is 3. The second-order valence-electron chi connectivity index (χ2n) is 5.78. The van der Waals surface area contributed by atoms with Crippen LogP contribution in [0.4, 0.5) is 17.2 Å². The van der Waals surface area contributed by atoms with Gasteiger partial charge < -0.3 is 16.0 Å². The lowest BCUT2D eigenvalue weighted by Gasteiger charge is -2.09. The molecule has 0 spiro atoms. The normalized spacial score (nSPS) is 10.2. The molecule has 6 heteroatoms. The van der Waals surface area contributed by atoms with E-state index in [4.69, 9.17) is 0 Å². The predicted octanol–water partition coefficient (Wildman–Crippen LogP) is 3.70. The summed E-state index contributed by atoms with van der Waals surface area (Å²) in [6.45, 7) is 4.28. The fraction of sp³-hybridized carbons (Fsp3) is 0.316. The average molecular weight is 340 g/mol. The van der Waals surface area contributed by atoms with Gasteiger partial charge in [-0.15, -0.1) is 0 Å². The minimum atomic E-state index is -0.111. The van der Waals surface area contributed by atoms with Gasteiger partial charge in [0.2, 0.25) is 5.91 Å². The highest BCUT2D eigenvalue weighted by Gasteiger charge is 2.06. The van der Waals surface area contributed by atoms with Crippen molar-refractivity contribution in [3.8, 4) is 0 Å². The van der Waals surface area contributed by atoms with Gasteiger partial charge in [0, 0.05) is 36.6 Å². The third kappa shape index (κ3) is 6.25. The summed E-state index contributed by atoms with van der Waals surface area (Å²) in [6.07, 6.45) is 4.83. The Morgan fingerprint density at radius 3 is 2.44 bits per heavy atom. The van der Waals surface area contributed by atoms with Gasteiger partial charge in [-0.05, 0) is 42.8 Å². The van der Waals surface area contributed by atoms with Crippen molar-refractivity contribution >= 4 is 29.0 Å². The maximum absolute atomic E-state index is 12.2. The van der Waals surface area contributed by atoms with Crippen molar-refractivity contribution in [2.75, 3.05) is 17.2 Å². The molecule has 0 fully saturated rings. The minimum absolute atomic E-state index is 0.0949. The molecule has 0 radical (unpaired) electrons. The molecule has 1 heterocycles. The minimum Gasteiger partial charge on any atom is -0.352 e. The maximum Gasteiger partial charge on any atom is 0.251 e. The highest BCUT2D eigenvalue weighted by atomic mass is 16.2. The lowest BCUT2D eigenvalue weighted by atomic mass is 10.2. The summed E-state index contributed by atoms with van der Waals surface area (Å²) in [4.78, 5) is 27.4. The fourth-order valence-corrected chi connectivity index (χ4v) is 2.31. The number of aromatic nitrogens is 1. The van der Waals surface area contributed by atoms with Crippen LogP contribution in [0.3, 0.4) is 0 Å². The van der Waals surface area contributed by atoms with Crippen LogP contribution in [-0.4, -0.2) is 23.3 Å². The van der Waals surface area contributed by atoms with Gasteiger partial charge in [-0.25, -0.2) is 4.98 Å². The van der Waals surface area contributed by atoms with E-state index in [1.807, 2.05) is 12.1 Å². The zero-order valence-electron chi connectivity index (χ0n) is 14.6. The molecule has 2 rings (SSSR count). The van der Waals surface area contributed by atoms with Crippen molar-refractivity contribution in [1.82, 2.24) is 10.3 Å². The summed E-state index contributed by atoms with van der Waals surface area (Å²) in [5, 5.41) is 8.78. The van der Waals surface area contributed by atoms with E-state index in [0.717, 1.165) is 30.6 Å². The van der Waals surface area contributed by atoms with Gasteiger partial charge in [-0.3, -0.25) is 9.59 Å². The number of nitrogens with zero attached hydrogens (tertiary/aromatic N) is 1. The standard InChI is InChI=1S/C19H24N4O2/c1-3-4-5-11-21-19(25)15-10-12-20-18(13-15)23-17-8-6-16(7-9-17)22-14(2)24/h6-10,12-13H,3-5,11H2,1-2H3,(H,20,23)(H,21,25)(H,22,24). The highest BCUT2D eigenvalue weighted by Crippen LogP contribution is 2.18. The van der Waals surface area contributed by atoms with Gasteiger partial charge in [0.1, 0.15) is 5.82 Å². The first kappa shape index (κ1) is 18.4. The first-order chi connectivity index (χ1) is 12.1. The van der Waals surface area contributed by atoms with E-state index in [9.17, 15) is 9.59 Å². The molecule has 0 saturated carbocycles. The zero-order chi connectivity index (χ0) is 18.1. The second kappa shape index (κ2) is 9.42. The quantitative estimate of drug-likeness (QED) is 0.640. The Balaban J connectivity index is 1.96. The Labute approximate surface area is 148 Å². The topological polar surface area (TPSA) is 83.1 Å². The molecule has 0 aliphatic heterocycles. The largest absolute Gasteiger partial charge is 0.352 e. The monoisotopic (exact) mass is 340 g/mol. The average Bonchev–Trinajstić information content (AvgIpc) is 2.60. The van der Waals surface area contributed by atoms with Crippen LogP contribution >= 0.6 is 0 Å². The molecule has 132 valence electrons. The van der Waals surface area contributed by atoms with Gasteiger partial charge >= 0.3 is 0 Å². The second-order valence-corrected chi connectivity index (χ2v) is 5.78. The molecule has 0 aliphatic carbocycles. The van der Waals surface area contributed by atoms with Crippen molar-refractivity contribution in [3.63, 3.8) is 0 Å². The van der Waals surface area contributed by atoms with Crippen molar-refractivity contribution in [2.45, 2.75) is 33.1 Å². The maximum atomic E-state index is 12.2. The van der Waals surface area contributed by atoms with E-state index in [1.165, 1.54) is 6.92 Å². The SMILES string of the molecule is CCCCCNC(=O)c1ccnc(Nc2ccc(NC(C)=O)cc2)c1. The van der Waals surface area contributed by atoms with Crippen molar-refractivity contribution < 1.29 is 9.59 Å². The van der Waals surface area contributed by atoms with E-state index >= 15 is 0 Å². The smallest absolute Gasteiger partial charge is 0.251 e. The molecule has 0 bridgehead atoms. The molecule has 2 amide bonds. The number of benzene rings is 1. The van der Waals surface area contributed by atoms with E-state index in [2.05, 4.69) is 27.9 Å². The Morgan fingerprint density at radius 2 is 1.76 bits per heavy atom. The third-order valence-electron chi connectivity index (χ3n) is 3.57. The van der Waals surface area contributed by atoms with Crippen molar-refractivity contribution in [3.05, 3.63) is 48.2 Å². The number of carbonyl (C=O) groups is 2. The lowest BCUT2D eigenvalue weighted by Crippen LogP contribution is -2.24. The van der Waals surface area contributed by atoms with E-state index < -0.39 is 0 Å². The van der Waals surface area contributed by atoms with E-state index in [-0.39, 0.29) is 11.8 Å². The van der Waals surface area contributed by atoms with Gasteiger partial charge in [0.05, 0.1) is 0 Å². The van der Waals surface area contributed by atoms with Crippen molar-refractivity contribution in [1.29, 1.82) is 0 Å². The Kier molecular flexibility index (Phi) is 6.95. The summed E-state index contributed by atoms with van der Waals surface area (Å²) in [7, 11) is 0. The summed E-state index contributed by atoms with van der Waals surface area (Å²) in [6, 6.07) is 10.7. The van der Waals surface area contributed by atoms with Crippen LogP contribution < -0.4 is 16.0 Å². The van der Waals surface area contributed by atoms with Crippen LogP contribution in [0.1, 0.15) is 43.5 Å². The molecular weight excluding hydrogens is 316 g/mol. The van der Waals surface area contributed by atoms with E-state index in [0.29, 0.717) is 17.9 Å². The number of rotatable bonds is 8. The Bertz CT molecular complexity index is 714. The molecule has 0 aliphatic rings. The van der Waals surface area contributed by atoms with Gasteiger partial charge in [0.15, 0.2) is 0 Å². The number of amides is 2. The summed E-state index contributed by atoms with van der Waals surface area (Å²) >= 11 is 0. The molecule has 6 nitrogen and oxygen atoms in total.